The van der Waals surface area contributed by atoms with E-state index in [-0.39, 0.29) is 5.91 Å². The van der Waals surface area contributed by atoms with Crippen molar-refractivity contribution in [2.24, 2.45) is 0 Å². The predicted octanol–water partition coefficient (Wildman–Crippen LogP) is 5.34. The fourth-order valence-electron chi connectivity index (χ4n) is 4.26. The van der Waals surface area contributed by atoms with Crippen LogP contribution >= 0.6 is 34.7 Å². The van der Waals surface area contributed by atoms with Gasteiger partial charge in [0.1, 0.15) is 22.3 Å². The minimum Gasteiger partial charge on any atom is -0.492 e. The number of halogens is 1. The minimum atomic E-state index is -0.0248. The summed E-state index contributed by atoms with van der Waals surface area (Å²) in [6, 6.07) is 15.7. The quantitative estimate of drug-likeness (QED) is 0.272. The van der Waals surface area contributed by atoms with E-state index in [0.29, 0.717) is 36.2 Å². The Morgan fingerprint density at radius 3 is 2.70 bits per heavy atom. The number of carbonyl (C=O) groups is 1. The zero-order valence-electron chi connectivity index (χ0n) is 20.6. The van der Waals surface area contributed by atoms with E-state index in [1.165, 1.54) is 23.1 Å². The van der Waals surface area contributed by atoms with Gasteiger partial charge in [-0.2, -0.15) is 0 Å². The van der Waals surface area contributed by atoms with Gasteiger partial charge >= 0.3 is 0 Å². The Bertz CT molecular complexity index is 1380. The number of nitrogens with zero attached hydrogens (tertiary/aromatic N) is 6. The van der Waals surface area contributed by atoms with Gasteiger partial charge in [-0.3, -0.25) is 9.36 Å². The monoisotopic (exact) mass is 554 g/mol. The molecule has 0 unspecified atom stereocenters. The lowest BCUT2D eigenvalue weighted by Crippen LogP contribution is -2.49. The number of rotatable bonds is 8. The highest BCUT2D eigenvalue weighted by Gasteiger charge is 2.25. The van der Waals surface area contributed by atoms with Crippen LogP contribution in [0.4, 0.5) is 5.69 Å². The van der Waals surface area contributed by atoms with Gasteiger partial charge in [0, 0.05) is 36.6 Å². The summed E-state index contributed by atoms with van der Waals surface area (Å²) in [4.78, 5) is 21.9. The normalized spacial score (nSPS) is 13.7. The molecule has 11 heteroatoms. The van der Waals surface area contributed by atoms with Crippen molar-refractivity contribution in [2.75, 3.05) is 37.7 Å². The third kappa shape index (κ3) is 5.76. The number of anilines is 1. The van der Waals surface area contributed by atoms with Crippen molar-refractivity contribution in [2.45, 2.75) is 24.8 Å². The Kier molecular flexibility index (Phi) is 7.97. The Hall–Kier alpha value is -3.08. The van der Waals surface area contributed by atoms with Crippen molar-refractivity contribution in [3.8, 4) is 11.4 Å². The van der Waals surface area contributed by atoms with Crippen LogP contribution in [0.3, 0.4) is 0 Å². The van der Waals surface area contributed by atoms with Crippen molar-refractivity contribution >= 4 is 46.3 Å². The highest BCUT2D eigenvalue weighted by Crippen LogP contribution is 2.30. The first-order chi connectivity index (χ1) is 18.0. The molecule has 2 aromatic heterocycles. The number of benzene rings is 2. The number of thioether (sulfide) groups is 1. The number of amides is 1. The van der Waals surface area contributed by atoms with Crippen molar-refractivity contribution in [1.82, 2.24) is 24.6 Å². The van der Waals surface area contributed by atoms with Crippen LogP contribution in [0.25, 0.3) is 5.69 Å². The van der Waals surface area contributed by atoms with E-state index in [4.69, 9.17) is 16.3 Å². The average molecular weight is 555 g/mol. The SMILES string of the molecule is CCOc1ccccc1N1CCN(C(=O)c2csc(CSc3nnc(C)n3-c3cccc(Cl)c3)n2)CC1. The predicted molar refractivity (Wildman–Crippen MR) is 149 cm³/mol. The van der Waals surface area contributed by atoms with Gasteiger partial charge in [-0.15, -0.1) is 21.5 Å². The maximum atomic E-state index is 13.2. The first-order valence-corrected chi connectivity index (χ1v) is 14.3. The highest BCUT2D eigenvalue weighted by atomic mass is 35.5. The van der Waals surface area contributed by atoms with Gasteiger partial charge in [0.2, 0.25) is 0 Å². The largest absolute Gasteiger partial charge is 0.492 e. The van der Waals surface area contributed by atoms with Crippen LogP contribution in [0.5, 0.6) is 5.75 Å². The first-order valence-electron chi connectivity index (χ1n) is 12.0. The zero-order valence-corrected chi connectivity index (χ0v) is 23.0. The van der Waals surface area contributed by atoms with E-state index in [1.807, 2.05) is 71.2 Å². The number of carbonyl (C=O) groups excluding carboxylic acids is 1. The van der Waals surface area contributed by atoms with Crippen LogP contribution in [0, 0.1) is 6.92 Å². The molecule has 0 radical (unpaired) electrons. The molecule has 4 aromatic rings. The van der Waals surface area contributed by atoms with E-state index in [1.54, 1.807) is 0 Å². The number of para-hydroxylation sites is 2. The number of ether oxygens (including phenoxy) is 1. The lowest BCUT2D eigenvalue weighted by Gasteiger charge is -2.36. The van der Waals surface area contributed by atoms with Gasteiger partial charge in [0.15, 0.2) is 5.16 Å². The third-order valence-electron chi connectivity index (χ3n) is 6.03. The topological polar surface area (TPSA) is 76.4 Å². The third-order valence-corrected chi connectivity index (χ3v) is 8.24. The van der Waals surface area contributed by atoms with Gasteiger partial charge in [-0.25, -0.2) is 4.98 Å². The number of hydrogen-bond acceptors (Lipinski definition) is 8. The first kappa shape index (κ1) is 25.6. The molecule has 0 atom stereocenters. The van der Waals surface area contributed by atoms with Gasteiger partial charge in [-0.1, -0.05) is 41.6 Å². The van der Waals surface area contributed by atoms with Crippen molar-refractivity contribution in [1.29, 1.82) is 0 Å². The summed E-state index contributed by atoms with van der Waals surface area (Å²) in [5.41, 5.74) is 2.48. The summed E-state index contributed by atoms with van der Waals surface area (Å²) in [6.45, 7) is 7.30. The summed E-state index contributed by atoms with van der Waals surface area (Å²) in [5, 5.41) is 12.7. The van der Waals surface area contributed by atoms with E-state index in [0.717, 1.165) is 46.2 Å². The Balaban J connectivity index is 1.20. The van der Waals surface area contributed by atoms with Crippen molar-refractivity contribution < 1.29 is 9.53 Å². The number of thiazole rings is 1. The maximum Gasteiger partial charge on any atom is 0.273 e. The van der Waals surface area contributed by atoms with Crippen LogP contribution in [0.2, 0.25) is 5.02 Å². The van der Waals surface area contributed by atoms with E-state index >= 15 is 0 Å². The molecule has 1 saturated heterocycles. The summed E-state index contributed by atoms with van der Waals surface area (Å²) in [6.07, 6.45) is 0. The van der Waals surface area contributed by atoms with Crippen LogP contribution in [0.1, 0.15) is 28.2 Å². The van der Waals surface area contributed by atoms with Crippen LogP contribution in [-0.4, -0.2) is 63.3 Å². The smallest absolute Gasteiger partial charge is 0.273 e. The van der Waals surface area contributed by atoms with Gasteiger partial charge < -0.3 is 14.5 Å². The molecule has 2 aromatic carbocycles. The highest BCUT2D eigenvalue weighted by molar-refractivity contribution is 7.98. The second-order valence-corrected chi connectivity index (χ2v) is 10.8. The molecule has 5 rings (SSSR count). The molecular formula is C26H27ClN6O2S2. The number of hydrogen-bond donors (Lipinski definition) is 0. The lowest BCUT2D eigenvalue weighted by molar-refractivity contribution is 0.0741. The van der Waals surface area contributed by atoms with Crippen LogP contribution < -0.4 is 9.64 Å². The average Bonchev–Trinajstić information content (AvgIpc) is 3.54. The molecule has 0 N–H and O–H groups in total. The molecule has 0 aliphatic carbocycles. The Morgan fingerprint density at radius 2 is 1.92 bits per heavy atom. The van der Waals surface area contributed by atoms with E-state index < -0.39 is 0 Å². The summed E-state index contributed by atoms with van der Waals surface area (Å²) in [7, 11) is 0. The van der Waals surface area contributed by atoms with Gasteiger partial charge in [-0.05, 0) is 44.2 Å². The molecule has 0 saturated carbocycles. The number of aryl methyl sites for hydroxylation is 1. The zero-order chi connectivity index (χ0) is 25.8. The van der Waals surface area contributed by atoms with Crippen molar-refractivity contribution in [3.63, 3.8) is 0 Å². The standard InChI is InChI=1S/C26H27ClN6O2S2/c1-3-35-23-10-5-4-9-22(23)31-11-13-32(14-12-31)25(34)21-16-36-24(28-21)17-37-26-30-29-18(2)33(26)20-8-6-7-19(27)15-20/h4-10,15-16H,3,11-14,17H2,1-2H3. The fourth-order valence-corrected chi connectivity index (χ4v) is 6.23. The van der Waals surface area contributed by atoms with Gasteiger partial charge in [0.05, 0.1) is 23.7 Å². The molecule has 1 aliphatic heterocycles. The molecule has 1 fully saturated rings. The molecular weight excluding hydrogens is 528 g/mol. The molecule has 8 nitrogen and oxygen atoms in total. The minimum absolute atomic E-state index is 0.0248. The molecule has 0 bridgehead atoms. The summed E-state index contributed by atoms with van der Waals surface area (Å²) >= 11 is 9.21. The van der Waals surface area contributed by atoms with Crippen LogP contribution in [-0.2, 0) is 5.75 Å². The second kappa shape index (κ2) is 11.5. The van der Waals surface area contributed by atoms with Gasteiger partial charge in [0.25, 0.3) is 5.91 Å². The Morgan fingerprint density at radius 1 is 1.11 bits per heavy atom. The summed E-state index contributed by atoms with van der Waals surface area (Å²) in [5.74, 6) is 2.23. The second-order valence-electron chi connectivity index (χ2n) is 8.44. The fraction of sp³-hybridized carbons (Fsp3) is 0.308. The van der Waals surface area contributed by atoms with Crippen LogP contribution in [0.15, 0.2) is 59.1 Å². The van der Waals surface area contributed by atoms with Crippen molar-refractivity contribution in [3.05, 3.63) is 75.5 Å². The Labute approximate surface area is 229 Å². The van der Waals surface area contributed by atoms with E-state index in [9.17, 15) is 4.79 Å². The molecule has 0 spiro atoms. The molecule has 3 heterocycles. The molecule has 37 heavy (non-hydrogen) atoms. The molecule has 1 amide bonds. The lowest BCUT2D eigenvalue weighted by atomic mass is 10.2. The molecule has 1 aliphatic rings. The number of aromatic nitrogens is 4. The van der Waals surface area contributed by atoms with E-state index in [2.05, 4.69) is 26.1 Å². The summed E-state index contributed by atoms with van der Waals surface area (Å²) < 4.78 is 7.75. The number of piperazine rings is 1. The maximum absolute atomic E-state index is 13.2. The molecule has 192 valence electrons.